The number of rotatable bonds is 7. The number of amides is 1. The molecule has 0 aliphatic carbocycles. The molecule has 0 heterocycles. The molecule has 0 saturated carbocycles. The number of aliphatic carboxylic acids is 1. The predicted molar refractivity (Wildman–Crippen MR) is 97.5 cm³/mol. The first-order chi connectivity index (χ1) is 11.3. The molecular weight excluding hydrogens is 326 g/mol. The van der Waals surface area contributed by atoms with Crippen molar-refractivity contribution >= 4 is 29.1 Å². The monoisotopic (exact) mass is 345 g/mol. The average molecular weight is 346 g/mol. The van der Waals surface area contributed by atoms with E-state index in [4.69, 9.17) is 16.7 Å². The zero-order chi connectivity index (χ0) is 18.3. The fourth-order valence-corrected chi connectivity index (χ4v) is 2.30. The second kappa shape index (κ2) is 8.89. The van der Waals surface area contributed by atoms with E-state index in [9.17, 15) is 9.59 Å². The van der Waals surface area contributed by atoms with E-state index >= 15 is 0 Å². The third-order valence-electron chi connectivity index (χ3n) is 3.21. The van der Waals surface area contributed by atoms with Crippen molar-refractivity contribution in [2.75, 3.05) is 6.54 Å². The van der Waals surface area contributed by atoms with Gasteiger partial charge in [-0.25, -0.2) is 0 Å². The topological polar surface area (TPSA) is 57.6 Å². The molecule has 0 atom stereocenters. The molecule has 4 nitrogen and oxygen atoms in total. The Morgan fingerprint density at radius 3 is 2.21 bits per heavy atom. The highest BCUT2D eigenvalue weighted by Gasteiger charge is 2.23. The van der Waals surface area contributed by atoms with Crippen LogP contribution in [-0.2, 0) is 9.59 Å². The summed E-state index contributed by atoms with van der Waals surface area (Å²) in [6, 6.07) is 7.04. The van der Waals surface area contributed by atoms with Crippen molar-refractivity contribution in [2.24, 2.45) is 0 Å². The van der Waals surface area contributed by atoms with Crippen LogP contribution >= 0.6 is 11.6 Å². The summed E-state index contributed by atoms with van der Waals surface area (Å²) in [4.78, 5) is 24.9. The van der Waals surface area contributed by atoms with Gasteiger partial charge in [-0.05, 0) is 37.1 Å². The molecule has 0 aromatic heterocycles. The normalized spacial score (nSPS) is 10.7. The zero-order valence-electron chi connectivity index (χ0n) is 13.8. The summed E-state index contributed by atoms with van der Waals surface area (Å²) in [6.07, 6.45) is 4.51. The summed E-state index contributed by atoms with van der Waals surface area (Å²) in [7, 11) is 0. The van der Waals surface area contributed by atoms with Crippen LogP contribution in [0.15, 0.2) is 66.9 Å². The lowest BCUT2D eigenvalue weighted by molar-refractivity contribution is -0.141. The number of carboxylic acids is 1. The van der Waals surface area contributed by atoms with Crippen LogP contribution in [0.2, 0.25) is 5.02 Å². The molecule has 1 amide bonds. The van der Waals surface area contributed by atoms with Crippen LogP contribution in [0.1, 0.15) is 19.4 Å². The fraction of sp³-hybridized carbons (Fsp3) is 0.158. The van der Waals surface area contributed by atoms with Gasteiger partial charge in [-0.1, -0.05) is 54.6 Å². The Kier molecular flexibility index (Phi) is 7.21. The van der Waals surface area contributed by atoms with Gasteiger partial charge in [-0.3, -0.25) is 9.59 Å². The molecule has 5 heteroatoms. The lowest BCUT2D eigenvalue weighted by Crippen LogP contribution is -2.32. The molecule has 0 aliphatic rings. The van der Waals surface area contributed by atoms with Gasteiger partial charge in [0.25, 0.3) is 5.91 Å². The molecule has 126 valence electrons. The van der Waals surface area contributed by atoms with Crippen LogP contribution in [0.25, 0.3) is 5.57 Å². The first kappa shape index (κ1) is 19.5. The minimum Gasteiger partial charge on any atom is -0.480 e. The van der Waals surface area contributed by atoms with Crippen LogP contribution in [0.5, 0.6) is 0 Å². The first-order valence-electron chi connectivity index (χ1n) is 7.23. The van der Waals surface area contributed by atoms with Crippen molar-refractivity contribution in [1.29, 1.82) is 0 Å². The molecule has 1 aromatic carbocycles. The van der Waals surface area contributed by atoms with Crippen molar-refractivity contribution in [2.45, 2.75) is 13.8 Å². The van der Waals surface area contributed by atoms with Crippen molar-refractivity contribution in [3.05, 3.63) is 77.5 Å². The molecule has 0 radical (unpaired) electrons. The number of carboxylic acid groups (broad SMARTS) is 1. The number of hydrogen-bond donors (Lipinski definition) is 1. The minimum absolute atomic E-state index is 0.401. The summed E-state index contributed by atoms with van der Waals surface area (Å²) in [5.41, 5.74) is 2.57. The molecule has 0 unspecified atom stereocenters. The van der Waals surface area contributed by atoms with Gasteiger partial charge in [0.2, 0.25) is 0 Å². The quantitative estimate of drug-likeness (QED) is 0.592. The second-order valence-electron chi connectivity index (χ2n) is 5.21. The highest BCUT2D eigenvalue weighted by Crippen LogP contribution is 2.28. The minimum atomic E-state index is -1.11. The SMILES string of the molecule is C=C/C=C(\C(C(=O)N(C=C)CC(=O)O)=C(C)C)c1ccc(Cl)cc1. The van der Waals surface area contributed by atoms with Crippen LogP contribution in [0, 0.1) is 0 Å². The molecule has 24 heavy (non-hydrogen) atoms. The molecule has 0 fully saturated rings. The molecule has 0 saturated heterocycles. The van der Waals surface area contributed by atoms with E-state index in [1.165, 1.54) is 6.20 Å². The largest absolute Gasteiger partial charge is 0.480 e. The number of carbonyl (C=O) groups is 2. The molecule has 1 aromatic rings. The van der Waals surface area contributed by atoms with E-state index < -0.39 is 18.4 Å². The second-order valence-corrected chi connectivity index (χ2v) is 5.64. The molecule has 1 rings (SSSR count). The van der Waals surface area contributed by atoms with Gasteiger partial charge in [0.15, 0.2) is 0 Å². The van der Waals surface area contributed by atoms with E-state index in [0.717, 1.165) is 16.0 Å². The van der Waals surface area contributed by atoms with Crippen molar-refractivity contribution in [3.8, 4) is 0 Å². The van der Waals surface area contributed by atoms with Crippen LogP contribution in [0.3, 0.4) is 0 Å². The van der Waals surface area contributed by atoms with Crippen molar-refractivity contribution in [3.63, 3.8) is 0 Å². The Bertz CT molecular complexity index is 711. The lowest BCUT2D eigenvalue weighted by Gasteiger charge is -2.21. The number of allylic oxidation sites excluding steroid dienone is 3. The zero-order valence-corrected chi connectivity index (χ0v) is 14.5. The van der Waals surface area contributed by atoms with Crippen molar-refractivity contribution < 1.29 is 14.7 Å². The van der Waals surface area contributed by atoms with E-state index in [1.54, 1.807) is 50.3 Å². The van der Waals surface area contributed by atoms with Gasteiger partial charge in [0.1, 0.15) is 6.54 Å². The van der Waals surface area contributed by atoms with Crippen LogP contribution < -0.4 is 0 Å². The van der Waals surface area contributed by atoms with E-state index in [0.29, 0.717) is 16.2 Å². The number of carbonyl (C=O) groups excluding carboxylic acids is 1. The Labute approximate surface area is 147 Å². The summed E-state index contributed by atoms with van der Waals surface area (Å²) >= 11 is 5.92. The standard InChI is InChI=1S/C19H20ClNO3/c1-5-7-16(14-8-10-15(20)11-9-14)18(13(3)4)19(24)21(6-2)12-17(22)23/h5-11H,1-2,12H2,3-4H3,(H,22,23)/b16-7-. The van der Waals surface area contributed by atoms with Gasteiger partial charge < -0.3 is 10.0 Å². The van der Waals surface area contributed by atoms with E-state index in [-0.39, 0.29) is 0 Å². The highest BCUT2D eigenvalue weighted by molar-refractivity contribution is 6.30. The van der Waals surface area contributed by atoms with Gasteiger partial charge in [0.05, 0.1) is 0 Å². The number of hydrogen-bond acceptors (Lipinski definition) is 2. The summed E-state index contributed by atoms with van der Waals surface area (Å²) in [5, 5.41) is 9.55. The number of nitrogens with zero attached hydrogens (tertiary/aromatic N) is 1. The van der Waals surface area contributed by atoms with E-state index in [2.05, 4.69) is 13.2 Å². The predicted octanol–water partition coefficient (Wildman–Crippen LogP) is 4.30. The lowest BCUT2D eigenvalue weighted by atomic mass is 9.93. The van der Waals surface area contributed by atoms with Crippen molar-refractivity contribution in [1.82, 2.24) is 4.90 Å². The summed E-state index contributed by atoms with van der Waals surface area (Å²) in [6.45, 7) is 10.4. The first-order valence-corrected chi connectivity index (χ1v) is 7.61. The van der Waals surface area contributed by atoms with Gasteiger partial charge in [-0.2, -0.15) is 0 Å². The molecule has 1 N–H and O–H groups in total. The molecular formula is C19H20ClNO3. The third kappa shape index (κ3) is 4.96. The fourth-order valence-electron chi connectivity index (χ4n) is 2.18. The Hall–Kier alpha value is -2.59. The van der Waals surface area contributed by atoms with Gasteiger partial charge >= 0.3 is 5.97 Å². The van der Waals surface area contributed by atoms with Gasteiger partial charge in [0, 0.05) is 16.8 Å². The van der Waals surface area contributed by atoms with Crippen LogP contribution in [-0.4, -0.2) is 28.4 Å². The summed E-state index contributed by atoms with van der Waals surface area (Å²) < 4.78 is 0. The maximum Gasteiger partial charge on any atom is 0.323 e. The molecule has 0 bridgehead atoms. The summed E-state index contributed by atoms with van der Waals surface area (Å²) in [5.74, 6) is -1.55. The maximum atomic E-state index is 12.8. The molecule has 0 aliphatic heterocycles. The van der Waals surface area contributed by atoms with Crippen LogP contribution in [0.4, 0.5) is 0 Å². The Morgan fingerprint density at radius 2 is 1.79 bits per heavy atom. The van der Waals surface area contributed by atoms with Gasteiger partial charge in [-0.15, -0.1) is 0 Å². The van der Waals surface area contributed by atoms with E-state index in [1.807, 2.05) is 0 Å². The average Bonchev–Trinajstić information content (AvgIpc) is 2.52. The smallest absolute Gasteiger partial charge is 0.323 e. The molecule has 0 spiro atoms. The highest BCUT2D eigenvalue weighted by atomic mass is 35.5. The number of benzene rings is 1. The number of halogens is 1. The Morgan fingerprint density at radius 1 is 1.21 bits per heavy atom. The maximum absolute atomic E-state index is 12.8. The third-order valence-corrected chi connectivity index (χ3v) is 3.46. The Balaban J connectivity index is 3.42.